The fourth-order valence-electron chi connectivity index (χ4n) is 2.64. The number of amides is 2. The third kappa shape index (κ3) is 4.44. The van der Waals surface area contributed by atoms with Gasteiger partial charge in [0.15, 0.2) is 0 Å². The third-order valence-electron chi connectivity index (χ3n) is 4.18. The van der Waals surface area contributed by atoms with Crippen LogP contribution in [0.1, 0.15) is 31.8 Å². The summed E-state index contributed by atoms with van der Waals surface area (Å²) in [6.45, 7) is 0. The summed E-state index contributed by atoms with van der Waals surface area (Å²) in [6, 6.07) is 16.2. The number of methoxy groups -OCH3 is 1. The van der Waals surface area contributed by atoms with Gasteiger partial charge in [-0.3, -0.25) is 9.59 Å². The first-order chi connectivity index (χ1) is 14.5. The Morgan fingerprint density at radius 3 is 2.33 bits per heavy atom. The topological polar surface area (TPSA) is 104 Å². The maximum atomic E-state index is 12.8. The Balaban J connectivity index is 1.88. The molecule has 0 saturated heterocycles. The SMILES string of the molecule is C#Cc1ccc(NC(=O)c2cccc(OC)c2NC(=O)c2ccc(C#N)cc2)nc1. The van der Waals surface area contributed by atoms with Crippen LogP contribution in [0.5, 0.6) is 5.75 Å². The van der Waals surface area contributed by atoms with E-state index < -0.39 is 11.8 Å². The predicted molar refractivity (Wildman–Crippen MR) is 112 cm³/mol. The second-order valence-corrected chi connectivity index (χ2v) is 6.06. The van der Waals surface area contributed by atoms with Gasteiger partial charge in [-0.05, 0) is 48.5 Å². The third-order valence-corrected chi connectivity index (χ3v) is 4.18. The van der Waals surface area contributed by atoms with Crippen molar-refractivity contribution in [3.8, 4) is 24.2 Å². The smallest absolute Gasteiger partial charge is 0.259 e. The van der Waals surface area contributed by atoms with Crippen molar-refractivity contribution in [2.75, 3.05) is 17.7 Å². The molecule has 30 heavy (non-hydrogen) atoms. The van der Waals surface area contributed by atoms with E-state index in [1.165, 1.54) is 37.6 Å². The van der Waals surface area contributed by atoms with Crippen molar-refractivity contribution in [2.45, 2.75) is 0 Å². The van der Waals surface area contributed by atoms with Gasteiger partial charge in [0.1, 0.15) is 11.6 Å². The molecule has 1 heterocycles. The van der Waals surface area contributed by atoms with Gasteiger partial charge in [-0.2, -0.15) is 5.26 Å². The molecule has 0 fully saturated rings. The number of benzene rings is 2. The van der Waals surface area contributed by atoms with Crippen LogP contribution in [0, 0.1) is 23.7 Å². The Morgan fingerprint density at radius 1 is 1.00 bits per heavy atom. The van der Waals surface area contributed by atoms with E-state index in [2.05, 4.69) is 21.5 Å². The highest BCUT2D eigenvalue weighted by Gasteiger charge is 2.19. The minimum absolute atomic E-state index is 0.194. The van der Waals surface area contributed by atoms with Crippen molar-refractivity contribution >= 4 is 23.3 Å². The Labute approximate surface area is 173 Å². The Bertz CT molecular complexity index is 1170. The van der Waals surface area contributed by atoms with E-state index in [9.17, 15) is 9.59 Å². The number of anilines is 2. The largest absolute Gasteiger partial charge is 0.495 e. The van der Waals surface area contributed by atoms with Crippen molar-refractivity contribution < 1.29 is 14.3 Å². The normalized spacial score (nSPS) is 9.70. The lowest BCUT2D eigenvalue weighted by Crippen LogP contribution is -2.19. The fourth-order valence-corrected chi connectivity index (χ4v) is 2.64. The molecule has 3 aromatic rings. The predicted octanol–water partition coefficient (Wildman–Crippen LogP) is 3.45. The van der Waals surface area contributed by atoms with Gasteiger partial charge in [-0.1, -0.05) is 12.0 Å². The highest BCUT2D eigenvalue weighted by molar-refractivity contribution is 6.13. The molecule has 2 aromatic carbocycles. The molecule has 2 amide bonds. The lowest BCUT2D eigenvalue weighted by Gasteiger charge is -2.15. The number of nitriles is 1. The lowest BCUT2D eigenvalue weighted by molar-refractivity contribution is 0.102. The first-order valence-corrected chi connectivity index (χ1v) is 8.78. The number of ether oxygens (including phenoxy) is 1. The van der Waals surface area contributed by atoms with Crippen molar-refractivity contribution in [3.05, 3.63) is 83.0 Å². The molecule has 0 bridgehead atoms. The molecule has 7 nitrogen and oxygen atoms in total. The monoisotopic (exact) mass is 396 g/mol. The van der Waals surface area contributed by atoms with Crippen LogP contribution in [0.15, 0.2) is 60.8 Å². The number of rotatable bonds is 5. The molecule has 146 valence electrons. The van der Waals surface area contributed by atoms with Crippen molar-refractivity contribution in [3.63, 3.8) is 0 Å². The van der Waals surface area contributed by atoms with E-state index in [0.29, 0.717) is 28.3 Å². The van der Waals surface area contributed by atoms with Crippen molar-refractivity contribution in [1.82, 2.24) is 4.98 Å². The van der Waals surface area contributed by atoms with E-state index in [1.807, 2.05) is 6.07 Å². The number of aromatic nitrogens is 1. The van der Waals surface area contributed by atoms with Gasteiger partial charge >= 0.3 is 0 Å². The molecular formula is C23H16N4O3. The molecule has 0 saturated carbocycles. The van der Waals surface area contributed by atoms with Crippen LogP contribution in [-0.2, 0) is 0 Å². The molecule has 0 unspecified atom stereocenters. The van der Waals surface area contributed by atoms with E-state index >= 15 is 0 Å². The summed E-state index contributed by atoms with van der Waals surface area (Å²) in [5.74, 6) is 2.15. The number of nitrogens with one attached hydrogen (secondary N) is 2. The average Bonchev–Trinajstić information content (AvgIpc) is 2.79. The molecule has 0 radical (unpaired) electrons. The highest BCUT2D eigenvalue weighted by atomic mass is 16.5. The molecular weight excluding hydrogens is 380 g/mol. The fraction of sp³-hybridized carbons (Fsp3) is 0.0435. The number of nitrogens with zero attached hydrogens (tertiary/aromatic N) is 2. The van der Waals surface area contributed by atoms with Gasteiger partial charge in [-0.25, -0.2) is 4.98 Å². The van der Waals surface area contributed by atoms with E-state index in [4.69, 9.17) is 16.4 Å². The van der Waals surface area contributed by atoms with Crippen molar-refractivity contribution in [2.24, 2.45) is 0 Å². The second kappa shape index (κ2) is 9.05. The summed E-state index contributed by atoms with van der Waals surface area (Å²) in [5, 5.41) is 14.3. The van der Waals surface area contributed by atoms with Gasteiger partial charge in [0.25, 0.3) is 11.8 Å². The molecule has 7 heteroatoms. The van der Waals surface area contributed by atoms with Gasteiger partial charge in [0.2, 0.25) is 0 Å². The Kier molecular flexibility index (Phi) is 6.07. The van der Waals surface area contributed by atoms with Crippen LogP contribution in [-0.4, -0.2) is 23.9 Å². The van der Waals surface area contributed by atoms with Crippen LogP contribution in [0.25, 0.3) is 0 Å². The minimum atomic E-state index is -0.481. The molecule has 0 atom stereocenters. The standard InChI is InChI=1S/C23H16N4O3/c1-3-15-9-12-20(25-14-15)26-23(29)18-5-4-6-19(30-2)21(18)27-22(28)17-10-7-16(13-24)8-11-17/h1,4-12,14H,2H3,(H,27,28)(H,25,26,29). The summed E-state index contributed by atoms with van der Waals surface area (Å²) in [6.07, 6.45) is 6.77. The van der Waals surface area contributed by atoms with Crippen LogP contribution >= 0.6 is 0 Å². The maximum absolute atomic E-state index is 12.8. The average molecular weight is 396 g/mol. The van der Waals surface area contributed by atoms with E-state index in [-0.39, 0.29) is 11.3 Å². The van der Waals surface area contributed by atoms with Crippen LogP contribution < -0.4 is 15.4 Å². The minimum Gasteiger partial charge on any atom is -0.495 e. The Morgan fingerprint density at radius 2 is 1.73 bits per heavy atom. The summed E-state index contributed by atoms with van der Waals surface area (Å²) in [7, 11) is 1.44. The molecule has 0 aliphatic heterocycles. The number of carbonyl (C=O) groups excluding carboxylic acids is 2. The Hall–Kier alpha value is -4.62. The van der Waals surface area contributed by atoms with E-state index in [0.717, 1.165) is 0 Å². The number of hydrogen-bond acceptors (Lipinski definition) is 5. The summed E-state index contributed by atoms with van der Waals surface area (Å²) < 4.78 is 5.31. The lowest BCUT2D eigenvalue weighted by atomic mass is 10.1. The zero-order valence-corrected chi connectivity index (χ0v) is 16.0. The summed E-state index contributed by atoms with van der Waals surface area (Å²) >= 11 is 0. The van der Waals surface area contributed by atoms with Crippen LogP contribution in [0.3, 0.4) is 0 Å². The molecule has 1 aromatic heterocycles. The molecule has 3 rings (SSSR count). The first-order valence-electron chi connectivity index (χ1n) is 8.78. The van der Waals surface area contributed by atoms with Crippen LogP contribution in [0.2, 0.25) is 0 Å². The molecule has 0 aliphatic rings. The summed E-state index contributed by atoms with van der Waals surface area (Å²) in [4.78, 5) is 29.6. The zero-order valence-electron chi connectivity index (χ0n) is 16.0. The number of carbonyl (C=O) groups is 2. The number of terminal acetylenes is 1. The van der Waals surface area contributed by atoms with E-state index in [1.54, 1.807) is 30.3 Å². The molecule has 0 spiro atoms. The van der Waals surface area contributed by atoms with Crippen molar-refractivity contribution in [1.29, 1.82) is 5.26 Å². The number of pyridine rings is 1. The number of para-hydroxylation sites is 1. The second-order valence-electron chi connectivity index (χ2n) is 6.06. The van der Waals surface area contributed by atoms with Gasteiger partial charge < -0.3 is 15.4 Å². The maximum Gasteiger partial charge on any atom is 0.259 e. The zero-order chi connectivity index (χ0) is 21.5. The first kappa shape index (κ1) is 20.1. The quantitative estimate of drug-likeness (QED) is 0.643. The van der Waals surface area contributed by atoms with Gasteiger partial charge in [0, 0.05) is 17.3 Å². The molecule has 2 N–H and O–H groups in total. The summed E-state index contributed by atoms with van der Waals surface area (Å²) in [5.41, 5.74) is 1.76. The number of hydrogen-bond donors (Lipinski definition) is 2. The van der Waals surface area contributed by atoms with Crippen LogP contribution in [0.4, 0.5) is 11.5 Å². The van der Waals surface area contributed by atoms with Gasteiger partial charge in [0.05, 0.1) is 30.0 Å². The highest BCUT2D eigenvalue weighted by Crippen LogP contribution is 2.29. The van der Waals surface area contributed by atoms with Gasteiger partial charge in [-0.15, -0.1) is 6.42 Å². The molecule has 0 aliphatic carbocycles.